The van der Waals surface area contributed by atoms with Crippen LogP contribution in [0.3, 0.4) is 0 Å². The van der Waals surface area contributed by atoms with Crippen molar-refractivity contribution in [3.8, 4) is 21.8 Å². The third kappa shape index (κ3) is 5.18. The molecule has 29 heavy (non-hydrogen) atoms. The van der Waals surface area contributed by atoms with E-state index in [0.29, 0.717) is 29.2 Å². The topological polar surface area (TPSA) is 118 Å². The molecule has 2 heterocycles. The maximum atomic E-state index is 12.7. The zero-order valence-corrected chi connectivity index (χ0v) is 18.1. The summed E-state index contributed by atoms with van der Waals surface area (Å²) < 4.78 is 27.9. The molecule has 4 N–H and O–H groups in total. The predicted octanol–water partition coefficient (Wildman–Crippen LogP) is 3.20. The monoisotopic (exact) mass is 432 g/mol. The molecule has 0 amide bonds. The smallest absolute Gasteiger partial charge is 0.240 e. The second-order valence-electron chi connectivity index (χ2n) is 7.40. The minimum absolute atomic E-state index is 0.130. The minimum Gasteiger partial charge on any atom is -0.390 e. The van der Waals surface area contributed by atoms with Gasteiger partial charge in [0.15, 0.2) is 5.82 Å². The number of hydrogen-bond donors (Lipinski definition) is 3. The Balaban J connectivity index is 1.95. The van der Waals surface area contributed by atoms with E-state index in [0.717, 1.165) is 10.4 Å². The maximum Gasteiger partial charge on any atom is 0.240 e. The molecule has 154 valence electrons. The molecule has 0 atom stereocenters. The fraction of sp³-hybridized carbons (Fsp3) is 0.300. The fourth-order valence-corrected chi connectivity index (χ4v) is 4.52. The van der Waals surface area contributed by atoms with E-state index >= 15 is 0 Å². The third-order valence-corrected chi connectivity index (χ3v) is 6.71. The highest BCUT2D eigenvalue weighted by atomic mass is 32.2. The molecule has 0 saturated carbocycles. The summed E-state index contributed by atoms with van der Waals surface area (Å²) in [6.07, 6.45) is 1.85. The van der Waals surface area contributed by atoms with Crippen LogP contribution in [0.15, 0.2) is 46.8 Å². The van der Waals surface area contributed by atoms with E-state index in [1.54, 1.807) is 38.2 Å². The molecule has 0 aliphatic heterocycles. The summed E-state index contributed by atoms with van der Waals surface area (Å²) in [7, 11) is -3.72. The molecule has 0 bridgehead atoms. The molecule has 1 aromatic carbocycles. The first kappa shape index (κ1) is 21.4. The highest BCUT2D eigenvalue weighted by Gasteiger charge is 2.19. The lowest BCUT2D eigenvalue weighted by Gasteiger charge is -2.17. The first-order valence-corrected chi connectivity index (χ1v) is 11.4. The number of aryl methyl sites for hydroxylation is 1. The van der Waals surface area contributed by atoms with Crippen molar-refractivity contribution in [1.82, 2.24) is 14.7 Å². The van der Waals surface area contributed by atoms with E-state index in [-0.39, 0.29) is 11.4 Å². The lowest BCUT2D eigenvalue weighted by molar-refractivity contribution is 0.0728. The van der Waals surface area contributed by atoms with Gasteiger partial charge in [-0.2, -0.15) is 0 Å². The van der Waals surface area contributed by atoms with Crippen LogP contribution in [0.4, 0.5) is 5.82 Å². The average Bonchev–Trinajstić information content (AvgIpc) is 3.15. The average molecular weight is 433 g/mol. The summed E-state index contributed by atoms with van der Waals surface area (Å²) in [5, 5.41) is 11.7. The van der Waals surface area contributed by atoms with Gasteiger partial charge in [-0.05, 0) is 56.3 Å². The highest BCUT2D eigenvalue weighted by Crippen LogP contribution is 2.31. The summed E-state index contributed by atoms with van der Waals surface area (Å²) in [5.74, 6) is 0.325. The SMILES string of the molecule is Cc1ccc(S(=O)(=O)NCCC(C)(C)O)cc1-c1cnc(N)c(-c2cccs2)n1. The molecule has 3 rings (SSSR count). The molecule has 3 aromatic rings. The van der Waals surface area contributed by atoms with Crippen LogP contribution in [-0.2, 0) is 10.0 Å². The molecular formula is C20H24N4O3S2. The van der Waals surface area contributed by atoms with Crippen molar-refractivity contribution >= 4 is 27.2 Å². The summed E-state index contributed by atoms with van der Waals surface area (Å²) >= 11 is 1.51. The van der Waals surface area contributed by atoms with Gasteiger partial charge >= 0.3 is 0 Å². The number of nitrogens with zero attached hydrogens (tertiary/aromatic N) is 2. The Hall–Kier alpha value is -2.33. The van der Waals surface area contributed by atoms with Crippen LogP contribution in [-0.4, -0.2) is 35.6 Å². The van der Waals surface area contributed by atoms with Crippen molar-refractivity contribution in [2.24, 2.45) is 0 Å². The van der Waals surface area contributed by atoms with Crippen molar-refractivity contribution in [3.05, 3.63) is 47.5 Å². The fourth-order valence-electron chi connectivity index (χ4n) is 2.74. The first-order chi connectivity index (χ1) is 13.6. The van der Waals surface area contributed by atoms with Gasteiger partial charge in [0.05, 0.1) is 27.3 Å². The molecule has 0 spiro atoms. The van der Waals surface area contributed by atoms with E-state index in [4.69, 9.17) is 5.73 Å². The maximum absolute atomic E-state index is 12.7. The minimum atomic E-state index is -3.72. The van der Waals surface area contributed by atoms with Gasteiger partial charge in [0, 0.05) is 12.1 Å². The summed E-state index contributed by atoms with van der Waals surface area (Å²) in [4.78, 5) is 9.91. The van der Waals surface area contributed by atoms with Crippen molar-refractivity contribution in [3.63, 3.8) is 0 Å². The quantitative estimate of drug-likeness (QED) is 0.528. The van der Waals surface area contributed by atoms with Gasteiger partial charge in [-0.1, -0.05) is 12.1 Å². The molecule has 9 heteroatoms. The first-order valence-electron chi connectivity index (χ1n) is 9.06. The number of rotatable bonds is 7. The van der Waals surface area contributed by atoms with Crippen LogP contribution in [0.2, 0.25) is 0 Å². The number of aliphatic hydroxyl groups is 1. The number of nitrogens with one attached hydrogen (secondary N) is 1. The zero-order valence-electron chi connectivity index (χ0n) is 16.5. The number of sulfonamides is 1. The van der Waals surface area contributed by atoms with Gasteiger partial charge in [0.25, 0.3) is 0 Å². The number of benzene rings is 1. The second kappa shape index (κ2) is 8.19. The van der Waals surface area contributed by atoms with Crippen LogP contribution in [0.1, 0.15) is 25.8 Å². The number of anilines is 1. The highest BCUT2D eigenvalue weighted by molar-refractivity contribution is 7.89. The Labute approximate surface area is 174 Å². The van der Waals surface area contributed by atoms with Gasteiger partial charge in [0.1, 0.15) is 5.69 Å². The summed E-state index contributed by atoms with van der Waals surface area (Å²) in [5.41, 5.74) is 7.71. The van der Waals surface area contributed by atoms with Crippen molar-refractivity contribution in [2.75, 3.05) is 12.3 Å². The van der Waals surface area contributed by atoms with Gasteiger partial charge in [0.2, 0.25) is 10.0 Å². The Morgan fingerprint density at radius 1 is 1.28 bits per heavy atom. The van der Waals surface area contributed by atoms with Crippen molar-refractivity contribution < 1.29 is 13.5 Å². The van der Waals surface area contributed by atoms with Crippen LogP contribution < -0.4 is 10.5 Å². The number of hydrogen-bond acceptors (Lipinski definition) is 7. The van der Waals surface area contributed by atoms with E-state index < -0.39 is 15.6 Å². The third-order valence-electron chi connectivity index (χ3n) is 4.38. The van der Waals surface area contributed by atoms with E-state index in [1.165, 1.54) is 11.3 Å². The molecule has 2 aromatic heterocycles. The van der Waals surface area contributed by atoms with Gasteiger partial charge in [-0.15, -0.1) is 11.3 Å². The molecule has 7 nitrogen and oxygen atoms in total. The summed E-state index contributed by atoms with van der Waals surface area (Å²) in [6, 6.07) is 8.69. The van der Waals surface area contributed by atoms with Crippen molar-refractivity contribution in [1.29, 1.82) is 0 Å². The van der Waals surface area contributed by atoms with Crippen LogP contribution in [0.25, 0.3) is 21.8 Å². The Morgan fingerprint density at radius 3 is 2.69 bits per heavy atom. The van der Waals surface area contributed by atoms with E-state index in [1.807, 2.05) is 24.4 Å². The lowest BCUT2D eigenvalue weighted by Crippen LogP contribution is -2.30. The Kier molecular flexibility index (Phi) is 6.04. The summed E-state index contributed by atoms with van der Waals surface area (Å²) in [6.45, 7) is 5.29. The normalized spacial score (nSPS) is 12.3. The largest absolute Gasteiger partial charge is 0.390 e. The molecule has 0 saturated heterocycles. The van der Waals surface area contributed by atoms with Crippen LogP contribution in [0, 0.1) is 6.92 Å². The number of nitrogen functional groups attached to an aromatic ring is 1. The number of thiophene rings is 1. The van der Waals surface area contributed by atoms with Gasteiger partial charge in [-0.3, -0.25) is 0 Å². The molecule has 0 radical (unpaired) electrons. The van der Waals surface area contributed by atoms with Gasteiger partial charge < -0.3 is 10.8 Å². The Bertz CT molecular complexity index is 1110. The Morgan fingerprint density at radius 2 is 2.03 bits per heavy atom. The molecule has 0 aliphatic rings. The van der Waals surface area contributed by atoms with Gasteiger partial charge in [-0.25, -0.2) is 23.1 Å². The van der Waals surface area contributed by atoms with Crippen LogP contribution >= 0.6 is 11.3 Å². The van der Waals surface area contributed by atoms with E-state index in [2.05, 4.69) is 14.7 Å². The number of aromatic nitrogens is 2. The zero-order chi connectivity index (χ0) is 21.2. The molecule has 0 unspecified atom stereocenters. The second-order valence-corrected chi connectivity index (χ2v) is 10.1. The van der Waals surface area contributed by atoms with Crippen LogP contribution in [0.5, 0.6) is 0 Å². The van der Waals surface area contributed by atoms with Crippen molar-refractivity contribution in [2.45, 2.75) is 37.7 Å². The van der Waals surface area contributed by atoms with E-state index in [9.17, 15) is 13.5 Å². The lowest BCUT2D eigenvalue weighted by atomic mass is 10.1. The standard InChI is InChI=1S/C20H24N4O3S2/c1-13-6-7-14(29(26,27)23-9-8-20(2,3)25)11-15(13)16-12-22-19(21)18(24-16)17-5-4-10-28-17/h4-7,10-12,23,25H,8-9H2,1-3H3,(H2,21,22). The molecular weight excluding hydrogens is 408 g/mol. The molecule has 0 aliphatic carbocycles. The number of nitrogens with two attached hydrogens (primary N) is 1. The molecule has 0 fully saturated rings. The predicted molar refractivity (Wildman–Crippen MR) is 116 cm³/mol.